The fourth-order valence-electron chi connectivity index (χ4n) is 3.53. The predicted molar refractivity (Wildman–Crippen MR) is 104 cm³/mol. The zero-order valence-electron chi connectivity index (χ0n) is 15.1. The Balaban J connectivity index is 1.38. The van der Waals surface area contributed by atoms with Crippen LogP contribution < -0.4 is 5.32 Å². The number of rotatable bonds is 5. The van der Waals surface area contributed by atoms with Crippen molar-refractivity contribution in [1.82, 2.24) is 20.2 Å². The van der Waals surface area contributed by atoms with Crippen molar-refractivity contribution in [3.05, 3.63) is 65.6 Å². The van der Waals surface area contributed by atoms with Crippen molar-refractivity contribution in [2.75, 3.05) is 19.6 Å². The Labute approximate surface area is 157 Å². The van der Waals surface area contributed by atoms with Crippen molar-refractivity contribution in [3.63, 3.8) is 0 Å². The summed E-state index contributed by atoms with van der Waals surface area (Å²) in [6.45, 7) is 2.08. The molecule has 0 atom stereocenters. The van der Waals surface area contributed by atoms with Crippen molar-refractivity contribution in [3.8, 4) is 0 Å². The summed E-state index contributed by atoms with van der Waals surface area (Å²) in [5.74, 6) is -0.284. The molecule has 3 aromatic rings. The van der Waals surface area contributed by atoms with Gasteiger partial charge in [-0.15, -0.1) is 0 Å². The van der Waals surface area contributed by atoms with Crippen LogP contribution in [0, 0.1) is 0 Å². The number of nitrogens with one attached hydrogen (secondary N) is 2. The van der Waals surface area contributed by atoms with E-state index in [1.807, 2.05) is 29.3 Å². The molecule has 0 unspecified atom stereocenters. The van der Waals surface area contributed by atoms with Crippen LogP contribution in [0.3, 0.4) is 0 Å². The average Bonchev–Trinajstić information content (AvgIpc) is 3.38. The molecule has 0 bridgehead atoms. The standard InChI is InChI=1S/C21H22N4O2/c26-20(23-10-8-16-14-24-18-6-2-1-5-17(16)18)19-13-15(7-9-22-19)21(27)25-11-3-4-12-25/h1-2,5-7,9,13-14,24H,3-4,8,10-12H2,(H,23,26). The predicted octanol–water partition coefficient (Wildman–Crippen LogP) is 2.77. The number of carbonyl (C=O) groups excluding carboxylic acids is 2. The summed E-state index contributed by atoms with van der Waals surface area (Å²) in [7, 11) is 0. The number of aromatic amines is 1. The lowest BCUT2D eigenvalue weighted by atomic mass is 10.1. The summed E-state index contributed by atoms with van der Waals surface area (Å²) >= 11 is 0. The summed E-state index contributed by atoms with van der Waals surface area (Å²) in [5.41, 5.74) is 3.05. The minimum Gasteiger partial charge on any atom is -0.361 e. The van der Waals surface area contributed by atoms with Gasteiger partial charge in [-0.2, -0.15) is 0 Å². The average molecular weight is 362 g/mol. The third-order valence-corrected chi connectivity index (χ3v) is 4.99. The maximum absolute atomic E-state index is 12.5. The number of benzene rings is 1. The number of pyridine rings is 1. The number of nitrogens with zero attached hydrogens (tertiary/aromatic N) is 2. The Kier molecular flexibility index (Phi) is 4.87. The first-order chi connectivity index (χ1) is 13.2. The molecule has 0 radical (unpaired) electrons. The highest BCUT2D eigenvalue weighted by molar-refractivity contribution is 5.98. The highest BCUT2D eigenvalue weighted by atomic mass is 16.2. The van der Waals surface area contributed by atoms with Gasteiger partial charge in [0.15, 0.2) is 0 Å². The molecule has 1 aliphatic rings. The van der Waals surface area contributed by atoms with E-state index in [0.717, 1.165) is 43.4 Å². The topological polar surface area (TPSA) is 78.1 Å². The molecule has 27 heavy (non-hydrogen) atoms. The molecule has 2 N–H and O–H groups in total. The van der Waals surface area contributed by atoms with Crippen LogP contribution in [0.15, 0.2) is 48.8 Å². The van der Waals surface area contributed by atoms with E-state index in [1.165, 1.54) is 11.6 Å². The van der Waals surface area contributed by atoms with Crippen LogP contribution in [0.5, 0.6) is 0 Å². The van der Waals surface area contributed by atoms with Crippen LogP contribution in [0.2, 0.25) is 0 Å². The quantitative estimate of drug-likeness (QED) is 0.733. The van der Waals surface area contributed by atoms with Gasteiger partial charge in [0.25, 0.3) is 11.8 Å². The van der Waals surface area contributed by atoms with E-state index in [-0.39, 0.29) is 17.5 Å². The number of likely N-dealkylation sites (tertiary alicyclic amines) is 1. The second-order valence-electron chi connectivity index (χ2n) is 6.79. The van der Waals surface area contributed by atoms with Gasteiger partial charge in [0.05, 0.1) is 0 Å². The fraction of sp³-hybridized carbons (Fsp3) is 0.286. The molecular formula is C21H22N4O2. The zero-order valence-corrected chi connectivity index (χ0v) is 15.1. The SMILES string of the molecule is O=C(NCCc1c[nH]c2ccccc12)c1cc(C(=O)N2CCCC2)ccn1. The molecule has 2 amide bonds. The normalized spacial score (nSPS) is 13.9. The lowest BCUT2D eigenvalue weighted by molar-refractivity contribution is 0.0792. The van der Waals surface area contributed by atoms with Crippen LogP contribution in [0.1, 0.15) is 39.3 Å². The maximum Gasteiger partial charge on any atom is 0.269 e. The highest BCUT2D eigenvalue weighted by Crippen LogP contribution is 2.18. The third-order valence-electron chi connectivity index (χ3n) is 4.99. The molecule has 1 fully saturated rings. The lowest BCUT2D eigenvalue weighted by Crippen LogP contribution is -2.29. The molecular weight excluding hydrogens is 340 g/mol. The van der Waals surface area contributed by atoms with Crippen molar-refractivity contribution < 1.29 is 9.59 Å². The number of hydrogen-bond acceptors (Lipinski definition) is 3. The minimum atomic E-state index is -0.258. The summed E-state index contributed by atoms with van der Waals surface area (Å²) in [5, 5.41) is 4.07. The van der Waals surface area contributed by atoms with Gasteiger partial charge in [-0.3, -0.25) is 14.6 Å². The van der Waals surface area contributed by atoms with Crippen LogP contribution in [0.25, 0.3) is 10.9 Å². The molecule has 6 heteroatoms. The summed E-state index contributed by atoms with van der Waals surface area (Å²) < 4.78 is 0. The molecule has 0 spiro atoms. The fourth-order valence-corrected chi connectivity index (χ4v) is 3.53. The van der Waals surface area contributed by atoms with Crippen LogP contribution in [-0.2, 0) is 6.42 Å². The lowest BCUT2D eigenvalue weighted by Gasteiger charge is -2.15. The molecule has 1 saturated heterocycles. The Morgan fingerprint density at radius 3 is 2.81 bits per heavy atom. The van der Waals surface area contributed by atoms with Gasteiger partial charge < -0.3 is 15.2 Å². The number of carbonyl (C=O) groups is 2. The molecule has 4 rings (SSSR count). The molecule has 1 aliphatic heterocycles. The van der Waals surface area contributed by atoms with Gasteiger partial charge in [-0.1, -0.05) is 18.2 Å². The number of amides is 2. The molecule has 3 heterocycles. The Morgan fingerprint density at radius 1 is 1.15 bits per heavy atom. The van der Waals surface area contributed by atoms with E-state index in [9.17, 15) is 9.59 Å². The minimum absolute atomic E-state index is 0.0252. The van der Waals surface area contributed by atoms with E-state index in [1.54, 1.807) is 12.1 Å². The van der Waals surface area contributed by atoms with E-state index < -0.39 is 0 Å². The van der Waals surface area contributed by atoms with E-state index in [0.29, 0.717) is 12.1 Å². The van der Waals surface area contributed by atoms with Gasteiger partial charge in [0.1, 0.15) is 5.69 Å². The van der Waals surface area contributed by atoms with E-state index in [2.05, 4.69) is 21.4 Å². The van der Waals surface area contributed by atoms with Crippen LogP contribution in [-0.4, -0.2) is 46.3 Å². The molecule has 6 nitrogen and oxygen atoms in total. The smallest absolute Gasteiger partial charge is 0.269 e. The molecule has 1 aromatic carbocycles. The van der Waals surface area contributed by atoms with Gasteiger partial charge in [-0.25, -0.2) is 0 Å². The van der Waals surface area contributed by atoms with Gasteiger partial charge >= 0.3 is 0 Å². The first-order valence-corrected chi connectivity index (χ1v) is 9.31. The molecule has 2 aromatic heterocycles. The zero-order chi connectivity index (χ0) is 18.6. The molecule has 138 valence electrons. The van der Waals surface area contributed by atoms with Crippen molar-refractivity contribution in [2.45, 2.75) is 19.3 Å². The van der Waals surface area contributed by atoms with Gasteiger partial charge in [0.2, 0.25) is 0 Å². The Bertz CT molecular complexity index is 973. The molecule has 0 aliphatic carbocycles. The second kappa shape index (κ2) is 7.61. The van der Waals surface area contributed by atoms with Gasteiger partial charge in [0, 0.05) is 48.5 Å². The second-order valence-corrected chi connectivity index (χ2v) is 6.79. The Morgan fingerprint density at radius 2 is 1.96 bits per heavy atom. The summed E-state index contributed by atoms with van der Waals surface area (Å²) in [4.78, 5) is 34.1. The third kappa shape index (κ3) is 3.69. The monoisotopic (exact) mass is 362 g/mol. The van der Waals surface area contributed by atoms with E-state index in [4.69, 9.17) is 0 Å². The maximum atomic E-state index is 12.5. The number of hydrogen-bond donors (Lipinski definition) is 2. The number of fused-ring (bicyclic) bond motifs is 1. The number of para-hydroxylation sites is 1. The molecule has 0 saturated carbocycles. The first-order valence-electron chi connectivity index (χ1n) is 9.31. The van der Waals surface area contributed by atoms with Crippen LogP contribution in [0.4, 0.5) is 0 Å². The highest BCUT2D eigenvalue weighted by Gasteiger charge is 2.20. The summed E-state index contributed by atoms with van der Waals surface area (Å²) in [6, 6.07) is 11.4. The van der Waals surface area contributed by atoms with Crippen molar-refractivity contribution in [2.24, 2.45) is 0 Å². The summed E-state index contributed by atoms with van der Waals surface area (Å²) in [6.07, 6.45) is 6.31. The van der Waals surface area contributed by atoms with Crippen molar-refractivity contribution >= 4 is 22.7 Å². The number of aromatic nitrogens is 2. The van der Waals surface area contributed by atoms with E-state index >= 15 is 0 Å². The van der Waals surface area contributed by atoms with Gasteiger partial charge in [-0.05, 0) is 43.0 Å². The largest absolute Gasteiger partial charge is 0.361 e. The van der Waals surface area contributed by atoms with Crippen molar-refractivity contribution in [1.29, 1.82) is 0 Å². The Hall–Kier alpha value is -3.15. The van der Waals surface area contributed by atoms with Crippen LogP contribution >= 0.6 is 0 Å². The number of H-pyrrole nitrogens is 1. The first kappa shape index (κ1) is 17.3.